The van der Waals surface area contributed by atoms with Crippen molar-refractivity contribution in [3.05, 3.63) is 53.3 Å². The van der Waals surface area contributed by atoms with Crippen molar-refractivity contribution in [1.82, 2.24) is 4.98 Å². The fraction of sp³-hybridized carbons (Fsp3) is 0.143. The lowest BCUT2D eigenvalue weighted by Crippen LogP contribution is -2.16. The summed E-state index contributed by atoms with van der Waals surface area (Å²) in [5, 5.41) is 2.50. The highest BCUT2D eigenvalue weighted by atomic mass is 19.4. The van der Waals surface area contributed by atoms with Gasteiger partial charge in [-0.3, -0.25) is 9.78 Å². The van der Waals surface area contributed by atoms with E-state index >= 15 is 0 Å². The van der Waals surface area contributed by atoms with E-state index in [1.54, 1.807) is 19.2 Å². The Kier molecular flexibility index (Phi) is 3.84. The third-order valence-electron chi connectivity index (χ3n) is 2.91. The lowest BCUT2D eigenvalue weighted by molar-refractivity contribution is -0.137. The maximum absolute atomic E-state index is 12.7. The highest BCUT2D eigenvalue weighted by Crippen LogP contribution is 2.31. The van der Waals surface area contributed by atoms with Crippen LogP contribution in [0.3, 0.4) is 0 Å². The first-order valence-electron chi connectivity index (χ1n) is 5.97. The van der Waals surface area contributed by atoms with E-state index in [1.807, 2.05) is 0 Å². The van der Waals surface area contributed by atoms with Gasteiger partial charge in [0.05, 0.1) is 23.0 Å². The minimum atomic E-state index is -4.53. The second-order valence-corrected chi connectivity index (χ2v) is 4.44. The van der Waals surface area contributed by atoms with Crippen molar-refractivity contribution >= 4 is 17.3 Å². The average molecular weight is 295 g/mol. The molecule has 3 N–H and O–H groups in total. The molecule has 0 aliphatic carbocycles. The molecule has 0 bridgehead atoms. The van der Waals surface area contributed by atoms with Gasteiger partial charge in [-0.2, -0.15) is 13.2 Å². The van der Waals surface area contributed by atoms with E-state index in [9.17, 15) is 18.0 Å². The van der Waals surface area contributed by atoms with Gasteiger partial charge in [0.2, 0.25) is 0 Å². The van der Waals surface area contributed by atoms with E-state index in [4.69, 9.17) is 5.73 Å². The van der Waals surface area contributed by atoms with Crippen LogP contribution in [-0.2, 0) is 6.18 Å². The lowest BCUT2D eigenvalue weighted by atomic mass is 10.1. The highest BCUT2D eigenvalue weighted by Gasteiger charge is 2.31. The number of carbonyl (C=O) groups excluding carboxylic acids is 1. The number of aromatic nitrogens is 1. The van der Waals surface area contributed by atoms with Crippen LogP contribution in [0.5, 0.6) is 0 Å². The van der Waals surface area contributed by atoms with E-state index in [-0.39, 0.29) is 11.3 Å². The van der Waals surface area contributed by atoms with Crippen molar-refractivity contribution in [3.63, 3.8) is 0 Å². The molecular weight excluding hydrogens is 283 g/mol. The number of nitrogens with zero attached hydrogens (tertiary/aromatic N) is 1. The molecule has 7 heteroatoms. The number of amides is 1. The van der Waals surface area contributed by atoms with E-state index in [2.05, 4.69) is 10.3 Å². The molecule has 1 heterocycles. The maximum atomic E-state index is 12.7. The van der Waals surface area contributed by atoms with Crippen molar-refractivity contribution in [1.29, 1.82) is 0 Å². The van der Waals surface area contributed by atoms with Gasteiger partial charge in [0.1, 0.15) is 0 Å². The van der Waals surface area contributed by atoms with E-state index in [0.29, 0.717) is 5.69 Å². The molecule has 0 fully saturated rings. The quantitative estimate of drug-likeness (QED) is 0.836. The molecule has 2 rings (SSSR count). The van der Waals surface area contributed by atoms with Gasteiger partial charge in [0, 0.05) is 11.9 Å². The average Bonchev–Trinajstić information content (AvgIpc) is 2.40. The molecule has 1 aromatic heterocycles. The first-order chi connectivity index (χ1) is 9.79. The third-order valence-corrected chi connectivity index (χ3v) is 2.91. The van der Waals surface area contributed by atoms with Crippen molar-refractivity contribution in [2.75, 3.05) is 11.1 Å². The Bertz CT molecular complexity index is 683. The SMILES string of the molecule is Cc1ccncc1NC(=O)c1cc(C(F)(F)F)ccc1N. The normalized spacial score (nSPS) is 11.2. The van der Waals surface area contributed by atoms with Gasteiger partial charge in [-0.05, 0) is 36.8 Å². The summed E-state index contributed by atoms with van der Waals surface area (Å²) in [5.74, 6) is -0.713. The summed E-state index contributed by atoms with van der Waals surface area (Å²) in [6.07, 6.45) is -1.58. The summed E-state index contributed by atoms with van der Waals surface area (Å²) in [5.41, 5.74) is 5.56. The number of hydrogen-bond acceptors (Lipinski definition) is 3. The van der Waals surface area contributed by atoms with Gasteiger partial charge >= 0.3 is 6.18 Å². The molecule has 110 valence electrons. The number of carbonyl (C=O) groups is 1. The molecule has 21 heavy (non-hydrogen) atoms. The van der Waals surface area contributed by atoms with E-state index < -0.39 is 17.6 Å². The second-order valence-electron chi connectivity index (χ2n) is 4.44. The molecule has 0 aliphatic rings. The van der Waals surface area contributed by atoms with Crippen LogP contribution in [0.15, 0.2) is 36.7 Å². The maximum Gasteiger partial charge on any atom is 0.416 e. The molecule has 0 saturated carbocycles. The third kappa shape index (κ3) is 3.31. The minimum Gasteiger partial charge on any atom is -0.398 e. The van der Waals surface area contributed by atoms with Crippen LogP contribution in [0, 0.1) is 6.92 Å². The molecule has 4 nitrogen and oxygen atoms in total. The van der Waals surface area contributed by atoms with Crippen LogP contribution < -0.4 is 11.1 Å². The van der Waals surface area contributed by atoms with Gasteiger partial charge < -0.3 is 11.1 Å². The molecule has 1 amide bonds. The van der Waals surface area contributed by atoms with Crippen LogP contribution in [-0.4, -0.2) is 10.9 Å². The van der Waals surface area contributed by atoms with Crippen LogP contribution >= 0.6 is 0 Å². The second kappa shape index (κ2) is 5.43. The van der Waals surface area contributed by atoms with Crippen molar-refractivity contribution in [2.24, 2.45) is 0 Å². The predicted molar refractivity (Wildman–Crippen MR) is 72.8 cm³/mol. The molecule has 0 unspecified atom stereocenters. The molecular formula is C14H12F3N3O. The Morgan fingerprint density at radius 2 is 2.00 bits per heavy atom. The number of halogens is 3. The zero-order valence-electron chi connectivity index (χ0n) is 11.0. The van der Waals surface area contributed by atoms with Crippen molar-refractivity contribution in [2.45, 2.75) is 13.1 Å². The first kappa shape index (κ1) is 14.8. The number of alkyl halides is 3. The minimum absolute atomic E-state index is 0.0259. The molecule has 1 aromatic carbocycles. The molecule has 2 aromatic rings. The van der Waals surface area contributed by atoms with Gasteiger partial charge in [-0.1, -0.05) is 0 Å². The lowest BCUT2D eigenvalue weighted by Gasteiger charge is -2.12. The summed E-state index contributed by atoms with van der Waals surface area (Å²) in [6.45, 7) is 1.74. The Morgan fingerprint density at radius 1 is 1.29 bits per heavy atom. The number of aryl methyl sites for hydroxylation is 1. The Morgan fingerprint density at radius 3 is 2.62 bits per heavy atom. The molecule has 0 atom stereocenters. The fourth-order valence-corrected chi connectivity index (χ4v) is 1.71. The molecule has 0 saturated heterocycles. The van der Waals surface area contributed by atoms with Crippen LogP contribution in [0.4, 0.5) is 24.5 Å². The summed E-state index contributed by atoms with van der Waals surface area (Å²) in [7, 11) is 0. The molecule has 0 aliphatic heterocycles. The summed E-state index contributed by atoms with van der Waals surface area (Å²) in [4.78, 5) is 15.9. The van der Waals surface area contributed by atoms with E-state index in [1.165, 1.54) is 6.20 Å². The number of nitrogens with one attached hydrogen (secondary N) is 1. The summed E-state index contributed by atoms with van der Waals surface area (Å²) in [6, 6.07) is 4.30. The topological polar surface area (TPSA) is 68.0 Å². The Labute approximate surface area is 118 Å². The number of anilines is 2. The highest BCUT2D eigenvalue weighted by molar-refractivity contribution is 6.08. The smallest absolute Gasteiger partial charge is 0.398 e. The Balaban J connectivity index is 2.33. The largest absolute Gasteiger partial charge is 0.416 e. The van der Waals surface area contributed by atoms with Crippen molar-refractivity contribution < 1.29 is 18.0 Å². The number of benzene rings is 1. The van der Waals surface area contributed by atoms with Gasteiger partial charge in [-0.25, -0.2) is 0 Å². The molecule has 0 radical (unpaired) electrons. The Hall–Kier alpha value is -2.57. The first-order valence-corrected chi connectivity index (χ1v) is 5.97. The monoisotopic (exact) mass is 295 g/mol. The number of pyridine rings is 1. The van der Waals surface area contributed by atoms with Gasteiger partial charge in [0.25, 0.3) is 5.91 Å². The van der Waals surface area contributed by atoms with Gasteiger partial charge in [0.15, 0.2) is 0 Å². The standard InChI is InChI=1S/C14H12F3N3O/c1-8-4-5-19-7-12(8)20-13(21)10-6-9(14(15,16)17)2-3-11(10)18/h2-7H,18H2,1H3,(H,20,21). The van der Waals surface area contributed by atoms with Crippen molar-refractivity contribution in [3.8, 4) is 0 Å². The van der Waals surface area contributed by atoms with Crippen LogP contribution in [0.2, 0.25) is 0 Å². The van der Waals surface area contributed by atoms with E-state index in [0.717, 1.165) is 23.8 Å². The predicted octanol–water partition coefficient (Wildman–Crippen LogP) is 3.24. The zero-order valence-corrected chi connectivity index (χ0v) is 11.0. The summed E-state index contributed by atoms with van der Waals surface area (Å²) < 4.78 is 38.0. The molecule has 0 spiro atoms. The fourth-order valence-electron chi connectivity index (χ4n) is 1.71. The zero-order chi connectivity index (χ0) is 15.6. The van der Waals surface area contributed by atoms with Crippen LogP contribution in [0.1, 0.15) is 21.5 Å². The number of nitrogens with two attached hydrogens (primary N) is 1. The summed E-state index contributed by atoms with van der Waals surface area (Å²) >= 11 is 0. The number of nitrogen functional groups attached to an aromatic ring is 1. The number of hydrogen-bond donors (Lipinski definition) is 2. The number of rotatable bonds is 2. The van der Waals surface area contributed by atoms with Gasteiger partial charge in [-0.15, -0.1) is 0 Å². The van der Waals surface area contributed by atoms with Crippen LogP contribution in [0.25, 0.3) is 0 Å².